The number of benzene rings is 2. The van der Waals surface area contributed by atoms with Crippen LogP contribution in [0.25, 0.3) is 6.08 Å². The molecular weight excluding hydrogens is 546 g/mol. The molecule has 2 aromatic carbocycles. The summed E-state index contributed by atoms with van der Waals surface area (Å²) in [5.41, 5.74) is 1.57. The monoisotopic (exact) mass is 567 g/mol. The standard InChI is InChI=1S/C24H23BrClNO6S/c1-4-31-19-10-16(9-18(25)22(19)32-13-15-5-7-17(26)8-6-15)11-20-23(29)27(24(30)34-20)12-21(28)33-14(2)3/h5-11,14H,4,12-13H2,1-3H3/b20-11+. The number of carbonyl (C=O) groups excluding carboxylic acids is 3. The molecule has 0 unspecified atom stereocenters. The summed E-state index contributed by atoms with van der Waals surface area (Å²) in [6.07, 6.45) is 1.24. The number of hydrogen-bond acceptors (Lipinski definition) is 7. The third kappa shape index (κ3) is 6.77. The molecule has 1 heterocycles. The largest absolute Gasteiger partial charge is 0.490 e. The Morgan fingerprint density at radius 2 is 1.88 bits per heavy atom. The van der Waals surface area contributed by atoms with E-state index in [0.29, 0.717) is 39.8 Å². The first-order chi connectivity index (χ1) is 16.2. The summed E-state index contributed by atoms with van der Waals surface area (Å²) in [6.45, 7) is 5.53. The third-order valence-corrected chi connectivity index (χ3v) is 6.20. The molecule has 34 heavy (non-hydrogen) atoms. The van der Waals surface area contributed by atoms with Gasteiger partial charge in [-0.05, 0) is 89.9 Å². The van der Waals surface area contributed by atoms with Crippen molar-refractivity contribution in [2.45, 2.75) is 33.5 Å². The van der Waals surface area contributed by atoms with E-state index in [-0.39, 0.29) is 11.0 Å². The normalized spacial score (nSPS) is 14.8. The fourth-order valence-corrected chi connectivity index (χ4v) is 4.57. The van der Waals surface area contributed by atoms with Gasteiger partial charge in [0.15, 0.2) is 11.5 Å². The molecule has 1 fully saturated rings. The molecule has 10 heteroatoms. The Morgan fingerprint density at radius 1 is 1.18 bits per heavy atom. The highest BCUT2D eigenvalue weighted by Gasteiger charge is 2.36. The van der Waals surface area contributed by atoms with Gasteiger partial charge in [0.2, 0.25) is 0 Å². The Labute approximate surface area is 215 Å². The number of amides is 2. The zero-order chi connectivity index (χ0) is 24.8. The van der Waals surface area contributed by atoms with Crippen molar-refractivity contribution >= 4 is 62.5 Å². The second kappa shape index (κ2) is 11.8. The van der Waals surface area contributed by atoms with Gasteiger partial charge in [0.25, 0.3) is 11.1 Å². The SMILES string of the molecule is CCOc1cc(/C=C2/SC(=O)N(CC(=O)OC(C)C)C2=O)cc(Br)c1OCc1ccc(Cl)cc1. The number of rotatable bonds is 9. The van der Waals surface area contributed by atoms with Crippen LogP contribution in [0.15, 0.2) is 45.8 Å². The summed E-state index contributed by atoms with van der Waals surface area (Å²) < 4.78 is 17.4. The number of thioether (sulfide) groups is 1. The van der Waals surface area contributed by atoms with Gasteiger partial charge in [-0.2, -0.15) is 0 Å². The summed E-state index contributed by atoms with van der Waals surface area (Å²) in [5, 5.41) is 0.120. The Kier molecular flexibility index (Phi) is 9.04. The Morgan fingerprint density at radius 3 is 2.53 bits per heavy atom. The summed E-state index contributed by atoms with van der Waals surface area (Å²) in [6, 6.07) is 10.8. The predicted octanol–water partition coefficient (Wildman–Crippen LogP) is 6.07. The summed E-state index contributed by atoms with van der Waals surface area (Å²) in [4.78, 5) is 38.0. The summed E-state index contributed by atoms with van der Waals surface area (Å²) >= 11 is 10.2. The van der Waals surface area contributed by atoms with Crippen LogP contribution >= 0.6 is 39.3 Å². The summed E-state index contributed by atoms with van der Waals surface area (Å²) in [7, 11) is 0. The maximum atomic E-state index is 12.7. The van der Waals surface area contributed by atoms with Crippen molar-refractivity contribution < 1.29 is 28.6 Å². The van der Waals surface area contributed by atoms with E-state index in [9.17, 15) is 14.4 Å². The molecule has 0 N–H and O–H groups in total. The van der Waals surface area contributed by atoms with Crippen LogP contribution in [0.5, 0.6) is 11.5 Å². The molecule has 180 valence electrons. The van der Waals surface area contributed by atoms with Crippen LogP contribution in [0.4, 0.5) is 4.79 Å². The van der Waals surface area contributed by atoms with E-state index < -0.39 is 23.7 Å². The molecule has 0 atom stereocenters. The zero-order valence-corrected chi connectivity index (χ0v) is 22.0. The minimum absolute atomic E-state index is 0.200. The molecule has 0 bridgehead atoms. The molecule has 3 rings (SSSR count). The second-order valence-electron chi connectivity index (χ2n) is 7.48. The molecule has 0 aromatic heterocycles. The lowest BCUT2D eigenvalue weighted by atomic mass is 10.1. The van der Waals surface area contributed by atoms with E-state index in [4.69, 9.17) is 25.8 Å². The van der Waals surface area contributed by atoms with Gasteiger partial charge in [0.1, 0.15) is 13.2 Å². The van der Waals surface area contributed by atoms with Crippen LogP contribution in [0.3, 0.4) is 0 Å². The van der Waals surface area contributed by atoms with Gasteiger partial charge in [0, 0.05) is 5.02 Å². The van der Waals surface area contributed by atoms with Gasteiger partial charge in [0.05, 0.1) is 22.1 Å². The van der Waals surface area contributed by atoms with E-state index in [1.807, 2.05) is 19.1 Å². The van der Waals surface area contributed by atoms with Crippen molar-refractivity contribution in [3.8, 4) is 11.5 Å². The number of esters is 1. The van der Waals surface area contributed by atoms with E-state index in [1.54, 1.807) is 44.2 Å². The number of nitrogens with zero attached hydrogens (tertiary/aromatic N) is 1. The van der Waals surface area contributed by atoms with Crippen LogP contribution in [0.1, 0.15) is 31.9 Å². The van der Waals surface area contributed by atoms with Crippen molar-refractivity contribution in [1.29, 1.82) is 0 Å². The molecule has 0 aliphatic carbocycles. The molecule has 7 nitrogen and oxygen atoms in total. The van der Waals surface area contributed by atoms with Gasteiger partial charge in [-0.3, -0.25) is 19.3 Å². The average molecular weight is 569 g/mol. The van der Waals surface area contributed by atoms with Crippen LogP contribution in [-0.4, -0.2) is 41.3 Å². The van der Waals surface area contributed by atoms with E-state index in [1.165, 1.54) is 0 Å². The highest BCUT2D eigenvalue weighted by atomic mass is 79.9. The number of halogens is 2. The first-order valence-corrected chi connectivity index (χ1v) is 12.4. The first kappa shape index (κ1) is 26.1. The number of ether oxygens (including phenoxy) is 3. The highest BCUT2D eigenvalue weighted by Crippen LogP contribution is 2.39. The van der Waals surface area contributed by atoms with Crippen LogP contribution in [0.2, 0.25) is 5.02 Å². The third-order valence-electron chi connectivity index (χ3n) is 4.45. The molecule has 0 saturated carbocycles. The molecule has 2 aromatic rings. The average Bonchev–Trinajstić information content (AvgIpc) is 3.01. The number of hydrogen-bond donors (Lipinski definition) is 0. The smallest absolute Gasteiger partial charge is 0.326 e. The van der Waals surface area contributed by atoms with E-state index >= 15 is 0 Å². The Balaban J connectivity index is 1.80. The minimum atomic E-state index is -0.637. The van der Waals surface area contributed by atoms with Gasteiger partial charge in [-0.25, -0.2) is 0 Å². The van der Waals surface area contributed by atoms with Crippen molar-refractivity contribution in [3.05, 3.63) is 61.9 Å². The van der Waals surface area contributed by atoms with Crippen LogP contribution < -0.4 is 9.47 Å². The van der Waals surface area contributed by atoms with Gasteiger partial charge < -0.3 is 14.2 Å². The highest BCUT2D eigenvalue weighted by molar-refractivity contribution is 9.10. The molecule has 1 aliphatic rings. The maximum absolute atomic E-state index is 12.7. The maximum Gasteiger partial charge on any atom is 0.326 e. The van der Waals surface area contributed by atoms with Crippen LogP contribution in [0, 0.1) is 0 Å². The number of carbonyl (C=O) groups is 3. The van der Waals surface area contributed by atoms with Gasteiger partial charge >= 0.3 is 5.97 Å². The minimum Gasteiger partial charge on any atom is -0.490 e. The predicted molar refractivity (Wildman–Crippen MR) is 135 cm³/mol. The molecule has 2 amide bonds. The Bertz CT molecular complexity index is 1120. The van der Waals surface area contributed by atoms with Crippen molar-refractivity contribution in [1.82, 2.24) is 4.90 Å². The fourth-order valence-electron chi connectivity index (χ4n) is 3.03. The fraction of sp³-hybridized carbons (Fsp3) is 0.292. The summed E-state index contributed by atoms with van der Waals surface area (Å²) in [5.74, 6) is -0.190. The molecule has 0 radical (unpaired) electrons. The lowest BCUT2D eigenvalue weighted by Gasteiger charge is -2.15. The first-order valence-electron chi connectivity index (χ1n) is 10.5. The van der Waals surface area contributed by atoms with E-state index in [2.05, 4.69) is 15.9 Å². The quantitative estimate of drug-likeness (QED) is 0.268. The second-order valence-corrected chi connectivity index (χ2v) is 9.77. The Hall–Kier alpha value is -2.49. The molecule has 0 spiro atoms. The molecule has 1 aliphatic heterocycles. The number of imide groups is 1. The van der Waals surface area contributed by atoms with Gasteiger partial charge in [-0.15, -0.1) is 0 Å². The van der Waals surface area contributed by atoms with E-state index in [0.717, 1.165) is 22.2 Å². The lowest BCUT2D eigenvalue weighted by molar-refractivity contribution is -0.149. The molecule has 1 saturated heterocycles. The topological polar surface area (TPSA) is 82.1 Å². The van der Waals surface area contributed by atoms with Crippen molar-refractivity contribution in [2.24, 2.45) is 0 Å². The van der Waals surface area contributed by atoms with Crippen molar-refractivity contribution in [2.75, 3.05) is 13.2 Å². The van der Waals surface area contributed by atoms with Crippen molar-refractivity contribution in [3.63, 3.8) is 0 Å². The zero-order valence-electron chi connectivity index (χ0n) is 18.8. The van der Waals surface area contributed by atoms with Gasteiger partial charge in [-0.1, -0.05) is 23.7 Å². The molecular formula is C24H23BrClNO6S. The van der Waals surface area contributed by atoms with Crippen LogP contribution in [-0.2, 0) is 20.9 Å². The lowest BCUT2D eigenvalue weighted by Crippen LogP contribution is -2.35.